The Bertz CT molecular complexity index is 404. The van der Waals surface area contributed by atoms with Crippen molar-refractivity contribution in [1.29, 1.82) is 0 Å². The van der Waals surface area contributed by atoms with E-state index in [1.165, 1.54) is 12.8 Å². The monoisotopic (exact) mass is 250 g/mol. The lowest BCUT2D eigenvalue weighted by atomic mass is 10.3. The molecular weight excluding hydrogens is 228 g/mol. The van der Waals surface area contributed by atoms with Gasteiger partial charge in [-0.3, -0.25) is 4.90 Å². The first-order chi connectivity index (χ1) is 8.60. The maximum Gasteiger partial charge on any atom is 0.223 e. The molecule has 1 aliphatic carbocycles. The van der Waals surface area contributed by atoms with Crippen molar-refractivity contribution in [3.8, 4) is 0 Å². The van der Waals surface area contributed by atoms with Crippen LogP contribution in [-0.4, -0.2) is 47.6 Å². The molecule has 1 aromatic rings. The highest BCUT2D eigenvalue weighted by atomic mass is 15.2. The quantitative estimate of drug-likeness (QED) is 0.699. The molecule has 0 amide bonds. The van der Waals surface area contributed by atoms with E-state index in [1.807, 2.05) is 13.1 Å². The minimum absolute atomic E-state index is 0.285. The molecule has 6 nitrogen and oxygen atoms in total. The Balaban J connectivity index is 1.90. The number of nitrogens with two attached hydrogens (primary N) is 1. The first-order valence-corrected chi connectivity index (χ1v) is 6.38. The summed E-state index contributed by atoms with van der Waals surface area (Å²) in [5, 5.41) is 6.28. The zero-order valence-corrected chi connectivity index (χ0v) is 11.3. The second-order valence-corrected chi connectivity index (χ2v) is 4.87. The summed E-state index contributed by atoms with van der Waals surface area (Å²) in [4.78, 5) is 10.6. The van der Waals surface area contributed by atoms with E-state index in [2.05, 4.69) is 39.5 Å². The minimum Gasteiger partial charge on any atom is -0.373 e. The third-order valence-corrected chi connectivity index (χ3v) is 3.40. The van der Waals surface area contributed by atoms with Gasteiger partial charge in [-0.1, -0.05) is 0 Å². The summed E-state index contributed by atoms with van der Waals surface area (Å²) in [7, 11) is 3.99. The second kappa shape index (κ2) is 5.39. The summed E-state index contributed by atoms with van der Waals surface area (Å²) in [6.45, 7) is 3.07. The average Bonchev–Trinajstić information content (AvgIpc) is 3.18. The van der Waals surface area contributed by atoms with Crippen LogP contribution in [-0.2, 0) is 0 Å². The number of nitrogen functional groups attached to an aromatic ring is 1. The lowest BCUT2D eigenvalue weighted by Crippen LogP contribution is -2.36. The molecule has 1 heterocycles. The smallest absolute Gasteiger partial charge is 0.223 e. The lowest BCUT2D eigenvalue weighted by Gasteiger charge is -2.24. The lowest BCUT2D eigenvalue weighted by molar-refractivity contribution is 0.257. The summed E-state index contributed by atoms with van der Waals surface area (Å²) >= 11 is 0. The molecule has 1 aromatic heterocycles. The fraction of sp³-hybridized carbons (Fsp3) is 0.667. The normalized spacial score (nSPS) is 16.7. The molecular formula is C12H22N6. The maximum atomic E-state index is 5.65. The van der Waals surface area contributed by atoms with Gasteiger partial charge >= 0.3 is 0 Å². The molecule has 18 heavy (non-hydrogen) atoms. The van der Waals surface area contributed by atoms with Gasteiger partial charge in [0.25, 0.3) is 0 Å². The number of anilines is 3. The van der Waals surface area contributed by atoms with Crippen LogP contribution in [0.1, 0.15) is 19.8 Å². The highest BCUT2D eigenvalue weighted by Crippen LogP contribution is 2.26. The van der Waals surface area contributed by atoms with Gasteiger partial charge in [0.15, 0.2) is 0 Å². The fourth-order valence-corrected chi connectivity index (χ4v) is 1.92. The summed E-state index contributed by atoms with van der Waals surface area (Å²) < 4.78 is 0. The van der Waals surface area contributed by atoms with E-state index < -0.39 is 0 Å². The largest absolute Gasteiger partial charge is 0.373 e. The van der Waals surface area contributed by atoms with E-state index in [1.54, 1.807) is 0 Å². The SMILES string of the molecule is CNc1cc(NCC(C)N(C)C2CC2)nc(N)n1. The second-order valence-electron chi connectivity index (χ2n) is 4.87. The first kappa shape index (κ1) is 12.9. The molecule has 0 saturated heterocycles. The number of likely N-dealkylation sites (N-methyl/N-ethyl adjacent to an activating group) is 1. The Labute approximate surface area is 108 Å². The highest BCUT2D eigenvalue weighted by molar-refractivity contribution is 5.50. The van der Waals surface area contributed by atoms with Gasteiger partial charge in [-0.2, -0.15) is 9.97 Å². The number of rotatable bonds is 6. The van der Waals surface area contributed by atoms with Crippen LogP contribution in [0.4, 0.5) is 17.6 Å². The zero-order valence-electron chi connectivity index (χ0n) is 11.3. The van der Waals surface area contributed by atoms with Crippen molar-refractivity contribution in [3.63, 3.8) is 0 Å². The van der Waals surface area contributed by atoms with Gasteiger partial charge in [0.1, 0.15) is 11.6 Å². The fourth-order valence-electron chi connectivity index (χ4n) is 1.92. The molecule has 6 heteroatoms. The molecule has 100 valence electrons. The molecule has 1 fully saturated rings. The summed E-state index contributed by atoms with van der Waals surface area (Å²) in [5.41, 5.74) is 5.65. The first-order valence-electron chi connectivity index (χ1n) is 6.38. The molecule has 1 aliphatic rings. The van der Waals surface area contributed by atoms with Crippen molar-refractivity contribution in [2.45, 2.75) is 31.8 Å². The van der Waals surface area contributed by atoms with Gasteiger partial charge in [0.2, 0.25) is 5.95 Å². The molecule has 0 bridgehead atoms. The van der Waals surface area contributed by atoms with Crippen LogP contribution in [0, 0.1) is 0 Å². The topological polar surface area (TPSA) is 79.1 Å². The molecule has 1 atom stereocenters. The van der Waals surface area contributed by atoms with Crippen molar-refractivity contribution in [2.75, 3.05) is 37.0 Å². The molecule has 1 unspecified atom stereocenters. The molecule has 0 radical (unpaired) electrons. The van der Waals surface area contributed by atoms with Crippen LogP contribution < -0.4 is 16.4 Å². The summed E-state index contributed by atoms with van der Waals surface area (Å²) in [6.07, 6.45) is 2.65. The third kappa shape index (κ3) is 3.22. The van der Waals surface area contributed by atoms with Crippen LogP contribution in [0.3, 0.4) is 0 Å². The van der Waals surface area contributed by atoms with Crippen LogP contribution in [0.15, 0.2) is 6.07 Å². The van der Waals surface area contributed by atoms with E-state index in [9.17, 15) is 0 Å². The molecule has 0 spiro atoms. The number of nitrogens with one attached hydrogen (secondary N) is 2. The van der Waals surface area contributed by atoms with Gasteiger partial charge in [0.05, 0.1) is 0 Å². The Morgan fingerprint density at radius 3 is 2.72 bits per heavy atom. The predicted octanol–water partition coefficient (Wildman–Crippen LogP) is 0.995. The number of hydrogen-bond donors (Lipinski definition) is 3. The van der Waals surface area contributed by atoms with E-state index in [4.69, 9.17) is 5.73 Å². The number of hydrogen-bond acceptors (Lipinski definition) is 6. The predicted molar refractivity (Wildman–Crippen MR) is 74.7 cm³/mol. The Morgan fingerprint density at radius 1 is 1.44 bits per heavy atom. The van der Waals surface area contributed by atoms with Crippen LogP contribution in [0.5, 0.6) is 0 Å². The van der Waals surface area contributed by atoms with Crippen molar-refractivity contribution < 1.29 is 0 Å². The van der Waals surface area contributed by atoms with Crippen molar-refractivity contribution in [1.82, 2.24) is 14.9 Å². The van der Waals surface area contributed by atoms with E-state index in [0.29, 0.717) is 6.04 Å². The van der Waals surface area contributed by atoms with Crippen LogP contribution in [0.2, 0.25) is 0 Å². The van der Waals surface area contributed by atoms with Crippen molar-refractivity contribution in [2.24, 2.45) is 0 Å². The van der Waals surface area contributed by atoms with Crippen molar-refractivity contribution >= 4 is 17.6 Å². The standard InChI is InChI=1S/C12H22N6/c1-8(18(3)9-4-5-9)7-15-11-6-10(14-2)16-12(13)17-11/h6,8-9H,4-5,7H2,1-3H3,(H4,13,14,15,16,17). The minimum atomic E-state index is 0.285. The van der Waals surface area contributed by atoms with Gasteiger partial charge in [0, 0.05) is 31.7 Å². The molecule has 0 aromatic carbocycles. The summed E-state index contributed by atoms with van der Waals surface area (Å²) in [6, 6.07) is 3.11. The maximum absolute atomic E-state index is 5.65. The van der Waals surface area contributed by atoms with Crippen LogP contribution >= 0.6 is 0 Å². The van der Waals surface area contributed by atoms with Crippen molar-refractivity contribution in [3.05, 3.63) is 6.07 Å². The summed E-state index contributed by atoms with van der Waals surface area (Å²) in [5.74, 6) is 1.78. The molecule has 2 rings (SSSR count). The average molecular weight is 250 g/mol. The zero-order chi connectivity index (χ0) is 13.1. The van der Waals surface area contributed by atoms with Gasteiger partial charge in [-0.05, 0) is 26.8 Å². The third-order valence-electron chi connectivity index (χ3n) is 3.40. The van der Waals surface area contributed by atoms with E-state index in [0.717, 1.165) is 24.2 Å². The van der Waals surface area contributed by atoms with Crippen LogP contribution in [0.25, 0.3) is 0 Å². The van der Waals surface area contributed by atoms with Gasteiger partial charge < -0.3 is 16.4 Å². The molecule has 0 aliphatic heterocycles. The molecule has 4 N–H and O–H groups in total. The number of nitrogens with zero attached hydrogens (tertiary/aromatic N) is 3. The highest BCUT2D eigenvalue weighted by Gasteiger charge is 2.28. The Morgan fingerprint density at radius 2 is 2.11 bits per heavy atom. The van der Waals surface area contributed by atoms with Gasteiger partial charge in [-0.25, -0.2) is 0 Å². The van der Waals surface area contributed by atoms with E-state index in [-0.39, 0.29) is 5.95 Å². The Hall–Kier alpha value is -1.56. The van der Waals surface area contributed by atoms with E-state index >= 15 is 0 Å². The van der Waals surface area contributed by atoms with Gasteiger partial charge in [-0.15, -0.1) is 0 Å². The Kier molecular flexibility index (Phi) is 3.86. The molecule has 1 saturated carbocycles. The number of aromatic nitrogens is 2.